The third-order valence-corrected chi connectivity index (χ3v) is 1.67. The lowest BCUT2D eigenvalue weighted by Gasteiger charge is -2.12. The number of hydrogen-bond acceptors (Lipinski definition) is 3. The molecule has 0 saturated heterocycles. The van der Waals surface area contributed by atoms with Gasteiger partial charge in [0.25, 0.3) is 0 Å². The molecule has 0 radical (unpaired) electrons. The average Bonchev–Trinajstić information content (AvgIpc) is 2.03. The summed E-state index contributed by atoms with van der Waals surface area (Å²) in [5.41, 5.74) is 6.49. The third-order valence-electron chi connectivity index (χ3n) is 1.67. The summed E-state index contributed by atoms with van der Waals surface area (Å²) in [5, 5.41) is 2.69. The lowest BCUT2D eigenvalue weighted by atomic mass is 10.3. The van der Waals surface area contributed by atoms with E-state index in [1.807, 2.05) is 18.1 Å². The molecule has 0 unspecified atom stereocenters. The maximum absolute atomic E-state index is 10.5. The zero-order valence-electron chi connectivity index (χ0n) is 8.63. The minimum absolute atomic E-state index is 0.0170. The standard InChI is InChI=1S/C9H19N3O/c1-4-12(3)7-9(10)5-6-11-8(2)13/h7H,4-6,10H2,1-3H3,(H,11,13)/b9-7-. The van der Waals surface area contributed by atoms with Crippen molar-refractivity contribution in [1.82, 2.24) is 10.2 Å². The monoisotopic (exact) mass is 185 g/mol. The van der Waals surface area contributed by atoms with E-state index in [2.05, 4.69) is 12.2 Å². The van der Waals surface area contributed by atoms with Crippen molar-refractivity contribution < 1.29 is 4.79 Å². The first-order valence-electron chi connectivity index (χ1n) is 4.47. The van der Waals surface area contributed by atoms with Crippen LogP contribution in [0.4, 0.5) is 0 Å². The first-order chi connectivity index (χ1) is 6.06. The van der Waals surface area contributed by atoms with Gasteiger partial charge in [0.1, 0.15) is 0 Å². The van der Waals surface area contributed by atoms with Crippen LogP contribution in [0.3, 0.4) is 0 Å². The molecule has 0 aliphatic rings. The molecule has 0 aromatic carbocycles. The molecule has 1 amide bonds. The molecule has 0 atom stereocenters. The predicted molar refractivity (Wildman–Crippen MR) is 53.9 cm³/mol. The van der Waals surface area contributed by atoms with E-state index in [9.17, 15) is 4.79 Å². The van der Waals surface area contributed by atoms with Crippen LogP contribution in [0.2, 0.25) is 0 Å². The molecule has 0 fully saturated rings. The predicted octanol–water partition coefficient (Wildman–Crippen LogP) is 0.264. The van der Waals surface area contributed by atoms with Gasteiger partial charge in [-0.3, -0.25) is 4.79 Å². The number of nitrogens with one attached hydrogen (secondary N) is 1. The number of rotatable bonds is 5. The maximum Gasteiger partial charge on any atom is 0.216 e. The summed E-state index contributed by atoms with van der Waals surface area (Å²) < 4.78 is 0. The molecular weight excluding hydrogens is 166 g/mol. The molecule has 0 heterocycles. The van der Waals surface area contributed by atoms with Crippen LogP contribution in [0.15, 0.2) is 11.9 Å². The number of amides is 1. The Morgan fingerprint density at radius 2 is 2.23 bits per heavy atom. The van der Waals surface area contributed by atoms with Gasteiger partial charge < -0.3 is 16.0 Å². The number of carbonyl (C=O) groups excluding carboxylic acids is 1. The second kappa shape index (κ2) is 6.34. The second-order valence-electron chi connectivity index (χ2n) is 3.01. The largest absolute Gasteiger partial charge is 0.401 e. The summed E-state index contributed by atoms with van der Waals surface area (Å²) in [6.45, 7) is 5.09. The lowest BCUT2D eigenvalue weighted by Crippen LogP contribution is -2.23. The highest BCUT2D eigenvalue weighted by molar-refractivity contribution is 5.72. The van der Waals surface area contributed by atoms with Crippen molar-refractivity contribution in [3.05, 3.63) is 11.9 Å². The molecule has 4 nitrogen and oxygen atoms in total. The van der Waals surface area contributed by atoms with Crippen LogP contribution in [-0.2, 0) is 4.79 Å². The zero-order valence-corrected chi connectivity index (χ0v) is 8.63. The summed E-state index contributed by atoms with van der Waals surface area (Å²) in [6.07, 6.45) is 2.59. The molecule has 0 aromatic rings. The SMILES string of the molecule is CCN(C)/C=C(\N)CCNC(C)=O. The van der Waals surface area contributed by atoms with E-state index in [1.54, 1.807) is 0 Å². The molecule has 4 heteroatoms. The van der Waals surface area contributed by atoms with Gasteiger partial charge in [0, 0.05) is 45.4 Å². The molecule has 0 saturated carbocycles. The Hall–Kier alpha value is -1.19. The average molecular weight is 185 g/mol. The molecule has 13 heavy (non-hydrogen) atoms. The fourth-order valence-corrected chi connectivity index (χ4v) is 0.822. The Morgan fingerprint density at radius 3 is 2.69 bits per heavy atom. The number of nitrogens with zero attached hydrogens (tertiary/aromatic N) is 1. The van der Waals surface area contributed by atoms with Crippen LogP contribution in [0, 0.1) is 0 Å². The molecule has 76 valence electrons. The highest BCUT2D eigenvalue weighted by Gasteiger charge is 1.94. The first-order valence-corrected chi connectivity index (χ1v) is 4.47. The Kier molecular flexibility index (Phi) is 5.76. The van der Waals surface area contributed by atoms with Gasteiger partial charge in [-0.15, -0.1) is 0 Å². The molecule has 0 aliphatic carbocycles. The van der Waals surface area contributed by atoms with Crippen LogP contribution in [0.5, 0.6) is 0 Å². The second-order valence-corrected chi connectivity index (χ2v) is 3.01. The van der Waals surface area contributed by atoms with Gasteiger partial charge in [-0.05, 0) is 6.92 Å². The molecule has 3 N–H and O–H groups in total. The van der Waals surface area contributed by atoms with E-state index in [4.69, 9.17) is 5.73 Å². The number of hydrogen-bond donors (Lipinski definition) is 2. The van der Waals surface area contributed by atoms with Gasteiger partial charge in [0.15, 0.2) is 0 Å². The van der Waals surface area contributed by atoms with Gasteiger partial charge in [0.2, 0.25) is 5.91 Å². The molecule has 0 bridgehead atoms. The van der Waals surface area contributed by atoms with E-state index < -0.39 is 0 Å². The molecular formula is C9H19N3O. The van der Waals surface area contributed by atoms with Crippen molar-refractivity contribution in [3.63, 3.8) is 0 Å². The molecule has 0 aromatic heterocycles. The summed E-state index contributed by atoms with van der Waals surface area (Å²) in [7, 11) is 1.96. The first kappa shape index (κ1) is 11.8. The molecule has 0 aliphatic heterocycles. The van der Waals surface area contributed by atoms with Crippen LogP contribution in [0.1, 0.15) is 20.3 Å². The topological polar surface area (TPSA) is 58.4 Å². The van der Waals surface area contributed by atoms with Crippen LogP contribution in [0.25, 0.3) is 0 Å². The summed E-state index contributed by atoms with van der Waals surface area (Å²) in [6, 6.07) is 0. The minimum Gasteiger partial charge on any atom is -0.401 e. The Balaban J connectivity index is 3.66. The molecule has 0 spiro atoms. The lowest BCUT2D eigenvalue weighted by molar-refractivity contribution is -0.118. The van der Waals surface area contributed by atoms with Crippen molar-refractivity contribution in [1.29, 1.82) is 0 Å². The van der Waals surface area contributed by atoms with Crippen molar-refractivity contribution in [2.24, 2.45) is 5.73 Å². The van der Waals surface area contributed by atoms with Gasteiger partial charge in [-0.2, -0.15) is 0 Å². The van der Waals surface area contributed by atoms with E-state index in [-0.39, 0.29) is 5.91 Å². The van der Waals surface area contributed by atoms with Crippen LogP contribution >= 0.6 is 0 Å². The smallest absolute Gasteiger partial charge is 0.216 e. The van der Waals surface area contributed by atoms with E-state index in [0.717, 1.165) is 12.2 Å². The Morgan fingerprint density at radius 1 is 1.62 bits per heavy atom. The number of nitrogens with two attached hydrogens (primary N) is 1. The van der Waals surface area contributed by atoms with Gasteiger partial charge in [-0.25, -0.2) is 0 Å². The van der Waals surface area contributed by atoms with Gasteiger partial charge >= 0.3 is 0 Å². The Labute approximate surface area is 79.8 Å². The van der Waals surface area contributed by atoms with Crippen molar-refractivity contribution in [2.45, 2.75) is 20.3 Å². The van der Waals surface area contributed by atoms with Gasteiger partial charge in [0.05, 0.1) is 0 Å². The van der Waals surface area contributed by atoms with E-state index in [1.165, 1.54) is 6.92 Å². The van der Waals surface area contributed by atoms with Crippen LogP contribution < -0.4 is 11.1 Å². The molecule has 0 rings (SSSR count). The van der Waals surface area contributed by atoms with Gasteiger partial charge in [-0.1, -0.05) is 0 Å². The van der Waals surface area contributed by atoms with Crippen molar-refractivity contribution >= 4 is 5.91 Å². The highest BCUT2D eigenvalue weighted by atomic mass is 16.1. The van der Waals surface area contributed by atoms with Crippen molar-refractivity contribution in [3.8, 4) is 0 Å². The summed E-state index contributed by atoms with van der Waals surface area (Å²) >= 11 is 0. The highest BCUT2D eigenvalue weighted by Crippen LogP contribution is 1.93. The third kappa shape index (κ3) is 7.18. The quantitative estimate of drug-likeness (QED) is 0.646. The van der Waals surface area contributed by atoms with Crippen LogP contribution in [-0.4, -0.2) is 30.9 Å². The normalized spacial score (nSPS) is 11.2. The summed E-state index contributed by atoms with van der Waals surface area (Å²) in [5.74, 6) is -0.0170. The summed E-state index contributed by atoms with van der Waals surface area (Å²) in [4.78, 5) is 12.5. The van der Waals surface area contributed by atoms with Crippen molar-refractivity contribution in [2.75, 3.05) is 20.1 Å². The minimum atomic E-state index is -0.0170. The number of carbonyl (C=O) groups is 1. The fraction of sp³-hybridized carbons (Fsp3) is 0.667. The maximum atomic E-state index is 10.5. The fourth-order valence-electron chi connectivity index (χ4n) is 0.822. The zero-order chi connectivity index (χ0) is 10.3. The van der Waals surface area contributed by atoms with E-state index >= 15 is 0 Å². The van der Waals surface area contributed by atoms with E-state index in [0.29, 0.717) is 13.0 Å². The Bertz CT molecular complexity index is 189.